The van der Waals surface area contributed by atoms with Crippen molar-refractivity contribution in [3.63, 3.8) is 0 Å². The quantitative estimate of drug-likeness (QED) is 0.248. The normalized spacial score (nSPS) is 24.0. The second-order valence-corrected chi connectivity index (χ2v) is 11.9. The summed E-state index contributed by atoms with van der Waals surface area (Å²) >= 11 is 3.55. The van der Waals surface area contributed by atoms with E-state index >= 15 is 0 Å². The molecule has 2 aliphatic carbocycles. The minimum Gasteiger partial charge on any atom is -0.289 e. The molecule has 0 aliphatic heterocycles. The van der Waals surface area contributed by atoms with Gasteiger partial charge < -0.3 is 0 Å². The molecule has 0 N–H and O–H groups in total. The SMILES string of the molecule is Cc1ccc2sc3c(c(=O)c2c1)C(C)C1=C(C(C)c2sc4ccccc4c(=O)c2C1C)C3C. The van der Waals surface area contributed by atoms with Gasteiger partial charge in [-0.3, -0.25) is 9.59 Å². The van der Waals surface area contributed by atoms with Gasteiger partial charge in [-0.05, 0) is 31.2 Å². The topological polar surface area (TPSA) is 34.1 Å². The van der Waals surface area contributed by atoms with Crippen LogP contribution in [0.25, 0.3) is 20.2 Å². The van der Waals surface area contributed by atoms with Crippen molar-refractivity contribution < 1.29 is 0 Å². The number of allylic oxidation sites excluding steroid dienone is 2. The molecule has 4 atom stereocenters. The van der Waals surface area contributed by atoms with Crippen LogP contribution in [0.15, 0.2) is 63.2 Å². The highest BCUT2D eigenvalue weighted by Gasteiger charge is 2.42. The lowest BCUT2D eigenvalue weighted by atomic mass is 9.64. The van der Waals surface area contributed by atoms with Crippen LogP contribution in [0.4, 0.5) is 0 Å². The molecule has 0 fully saturated rings. The average molecular weight is 471 g/mol. The van der Waals surface area contributed by atoms with Gasteiger partial charge >= 0.3 is 0 Å². The van der Waals surface area contributed by atoms with E-state index in [0.29, 0.717) is 0 Å². The molecule has 0 saturated carbocycles. The number of hydrogen-bond donors (Lipinski definition) is 0. The van der Waals surface area contributed by atoms with Crippen molar-refractivity contribution in [1.29, 1.82) is 0 Å². The Bertz CT molecular complexity index is 1640. The van der Waals surface area contributed by atoms with E-state index in [1.165, 1.54) is 20.9 Å². The van der Waals surface area contributed by atoms with E-state index in [4.69, 9.17) is 0 Å². The Morgan fingerprint density at radius 2 is 1.15 bits per heavy atom. The van der Waals surface area contributed by atoms with Crippen molar-refractivity contribution >= 4 is 42.8 Å². The lowest BCUT2D eigenvalue weighted by Gasteiger charge is -2.42. The molecule has 2 aromatic heterocycles. The summed E-state index contributed by atoms with van der Waals surface area (Å²) in [7, 11) is 0. The van der Waals surface area contributed by atoms with E-state index in [1.54, 1.807) is 22.7 Å². The minimum atomic E-state index is 0.0151. The molecule has 2 aliphatic rings. The van der Waals surface area contributed by atoms with E-state index in [2.05, 4.69) is 45.9 Å². The summed E-state index contributed by atoms with van der Waals surface area (Å²) in [6.07, 6.45) is 0. The summed E-state index contributed by atoms with van der Waals surface area (Å²) in [6.45, 7) is 10.9. The minimum absolute atomic E-state index is 0.0151. The van der Waals surface area contributed by atoms with E-state index in [1.807, 2.05) is 31.2 Å². The van der Waals surface area contributed by atoms with Crippen molar-refractivity contribution in [2.24, 2.45) is 0 Å². The van der Waals surface area contributed by atoms with Crippen molar-refractivity contribution in [1.82, 2.24) is 0 Å². The van der Waals surface area contributed by atoms with Crippen molar-refractivity contribution in [2.75, 3.05) is 0 Å². The highest BCUT2D eigenvalue weighted by Crippen LogP contribution is 2.56. The second kappa shape index (κ2) is 7.22. The number of benzene rings is 2. The Kier molecular flexibility index (Phi) is 4.59. The monoisotopic (exact) mass is 470 g/mol. The van der Waals surface area contributed by atoms with Crippen LogP contribution in [-0.4, -0.2) is 0 Å². The maximum atomic E-state index is 13.8. The molecule has 2 heterocycles. The Balaban J connectivity index is 1.64. The number of hydrogen-bond acceptors (Lipinski definition) is 4. The standard InChI is InChI=1S/C29H26O2S2/c1-13-10-11-21-19(12-13)27(31)25-15(3)22-14(2)24-26(30)18-8-6-7-9-20(18)32-28(24)16(4)23(22)17(5)29(25)33-21/h6-12,14-17H,1-5H3. The maximum absolute atomic E-state index is 13.8. The van der Waals surface area contributed by atoms with Gasteiger partial charge in [-0.15, -0.1) is 22.7 Å². The Morgan fingerprint density at radius 1 is 0.636 bits per heavy atom. The van der Waals surface area contributed by atoms with E-state index in [9.17, 15) is 9.59 Å². The summed E-state index contributed by atoms with van der Waals surface area (Å²) in [5.74, 6) is 0.383. The molecular weight excluding hydrogens is 444 g/mol. The van der Waals surface area contributed by atoms with E-state index < -0.39 is 0 Å². The molecule has 166 valence electrons. The third-order valence-electron chi connectivity index (χ3n) is 7.82. The highest BCUT2D eigenvalue weighted by atomic mass is 32.1. The maximum Gasteiger partial charge on any atom is 0.192 e. The van der Waals surface area contributed by atoms with Crippen LogP contribution >= 0.6 is 22.7 Å². The molecule has 6 rings (SSSR count). The first kappa shape index (κ1) is 21.0. The van der Waals surface area contributed by atoms with Crippen LogP contribution in [0.1, 0.15) is 77.8 Å². The highest BCUT2D eigenvalue weighted by molar-refractivity contribution is 7.19. The lowest BCUT2D eigenvalue weighted by molar-refractivity contribution is 0.609. The Hall–Kier alpha value is -2.56. The molecule has 4 aromatic rings. The molecule has 0 saturated heterocycles. The largest absolute Gasteiger partial charge is 0.289 e. The first-order valence-corrected chi connectivity index (χ1v) is 13.3. The van der Waals surface area contributed by atoms with E-state index in [0.717, 1.165) is 36.9 Å². The van der Waals surface area contributed by atoms with Crippen molar-refractivity contribution in [3.05, 3.63) is 101 Å². The average Bonchev–Trinajstić information content (AvgIpc) is 2.80. The van der Waals surface area contributed by atoms with Gasteiger partial charge in [0.15, 0.2) is 10.9 Å². The van der Waals surface area contributed by atoms with Crippen molar-refractivity contribution in [2.45, 2.75) is 58.3 Å². The van der Waals surface area contributed by atoms with Crippen LogP contribution < -0.4 is 10.9 Å². The molecule has 0 radical (unpaired) electrons. The Labute approximate surface area is 201 Å². The third-order valence-corrected chi connectivity index (χ3v) is 10.6. The predicted molar refractivity (Wildman–Crippen MR) is 142 cm³/mol. The van der Waals surface area contributed by atoms with Crippen LogP contribution in [0.3, 0.4) is 0 Å². The lowest BCUT2D eigenvalue weighted by Crippen LogP contribution is -2.32. The summed E-state index contributed by atoms with van der Waals surface area (Å²) in [5, 5.41) is 1.64. The van der Waals surface area contributed by atoms with E-state index in [-0.39, 0.29) is 34.5 Å². The Morgan fingerprint density at radius 3 is 1.79 bits per heavy atom. The first-order chi connectivity index (χ1) is 15.8. The summed E-state index contributed by atoms with van der Waals surface area (Å²) in [4.78, 5) is 29.8. The molecule has 2 nitrogen and oxygen atoms in total. The van der Waals surface area contributed by atoms with Crippen LogP contribution in [0.5, 0.6) is 0 Å². The summed E-state index contributed by atoms with van der Waals surface area (Å²) in [6, 6.07) is 14.2. The van der Waals surface area contributed by atoms with Gasteiger partial charge in [-0.2, -0.15) is 0 Å². The van der Waals surface area contributed by atoms with Gasteiger partial charge in [-0.25, -0.2) is 0 Å². The zero-order valence-corrected chi connectivity index (χ0v) is 21.1. The molecular formula is C29H26O2S2. The number of fused-ring (bicyclic) bond motifs is 4. The molecule has 0 spiro atoms. The van der Waals surface area contributed by atoms with Gasteiger partial charge in [-0.1, -0.05) is 62.6 Å². The molecule has 0 amide bonds. The molecule has 2 aromatic carbocycles. The fourth-order valence-corrected chi connectivity index (χ4v) is 8.98. The van der Waals surface area contributed by atoms with Gasteiger partial charge in [0.05, 0.1) is 0 Å². The number of aryl methyl sites for hydroxylation is 1. The zero-order chi connectivity index (χ0) is 23.2. The fraction of sp³-hybridized carbons (Fsp3) is 0.310. The van der Waals surface area contributed by atoms with Crippen LogP contribution in [-0.2, 0) is 0 Å². The summed E-state index contributed by atoms with van der Waals surface area (Å²) in [5.41, 5.74) is 6.05. The predicted octanol–water partition coefficient (Wildman–Crippen LogP) is 7.58. The molecule has 33 heavy (non-hydrogen) atoms. The van der Waals surface area contributed by atoms with Gasteiger partial charge in [0, 0.05) is 64.7 Å². The molecule has 4 heteroatoms. The second-order valence-electron chi connectivity index (χ2n) is 9.71. The molecule has 0 bridgehead atoms. The smallest absolute Gasteiger partial charge is 0.192 e. The zero-order valence-electron chi connectivity index (χ0n) is 19.5. The third kappa shape index (κ3) is 2.77. The first-order valence-electron chi connectivity index (χ1n) is 11.7. The van der Waals surface area contributed by atoms with Gasteiger partial charge in [0.1, 0.15) is 0 Å². The fourth-order valence-electron chi connectivity index (χ4n) is 6.32. The number of rotatable bonds is 0. The van der Waals surface area contributed by atoms with Crippen molar-refractivity contribution in [3.8, 4) is 0 Å². The van der Waals surface area contributed by atoms with Gasteiger partial charge in [0.2, 0.25) is 0 Å². The van der Waals surface area contributed by atoms with Gasteiger partial charge in [0.25, 0.3) is 0 Å². The summed E-state index contributed by atoms with van der Waals surface area (Å²) < 4.78 is 2.13. The molecule has 4 unspecified atom stereocenters. The van der Waals surface area contributed by atoms with Crippen LogP contribution in [0.2, 0.25) is 0 Å². The van der Waals surface area contributed by atoms with Crippen LogP contribution in [0, 0.1) is 6.92 Å².